The molecule has 0 aliphatic carbocycles. The third kappa shape index (κ3) is 5.05. The van der Waals surface area contributed by atoms with Gasteiger partial charge in [0.05, 0.1) is 6.42 Å². The van der Waals surface area contributed by atoms with Crippen LogP contribution in [0.25, 0.3) is 0 Å². The van der Waals surface area contributed by atoms with Gasteiger partial charge >= 0.3 is 12.0 Å². The Morgan fingerprint density at radius 3 is 2.23 bits per heavy atom. The molecule has 76 valence electrons. The van der Waals surface area contributed by atoms with Gasteiger partial charge in [0.1, 0.15) is 0 Å². The van der Waals surface area contributed by atoms with E-state index in [-0.39, 0.29) is 24.4 Å². The van der Waals surface area contributed by atoms with Crippen molar-refractivity contribution in [2.24, 2.45) is 5.92 Å². The summed E-state index contributed by atoms with van der Waals surface area (Å²) >= 11 is 0. The number of rotatable bonds is 4. The zero-order chi connectivity index (χ0) is 10.4. The summed E-state index contributed by atoms with van der Waals surface area (Å²) in [7, 11) is 1.49. The molecule has 0 spiro atoms. The molecule has 3 N–H and O–H groups in total. The SMILES string of the molecule is CNC(=O)NC(CC(=O)O)C(C)C. The van der Waals surface area contributed by atoms with Crippen LogP contribution in [0, 0.1) is 5.92 Å². The smallest absolute Gasteiger partial charge is 0.314 e. The number of carboxylic acids is 1. The molecule has 2 amide bonds. The largest absolute Gasteiger partial charge is 0.481 e. The van der Waals surface area contributed by atoms with E-state index in [4.69, 9.17) is 5.11 Å². The Balaban J connectivity index is 4.09. The summed E-state index contributed by atoms with van der Waals surface area (Å²) in [6, 6.07) is -0.669. The molecule has 0 saturated carbocycles. The number of hydrogen-bond acceptors (Lipinski definition) is 2. The number of carbonyl (C=O) groups excluding carboxylic acids is 1. The lowest BCUT2D eigenvalue weighted by Gasteiger charge is -2.19. The Hall–Kier alpha value is -1.26. The van der Waals surface area contributed by atoms with E-state index in [1.54, 1.807) is 0 Å². The van der Waals surface area contributed by atoms with Crippen LogP contribution in [0.1, 0.15) is 20.3 Å². The molecule has 0 radical (unpaired) electrons. The lowest BCUT2D eigenvalue weighted by Crippen LogP contribution is -2.44. The van der Waals surface area contributed by atoms with E-state index in [2.05, 4.69) is 10.6 Å². The maximum absolute atomic E-state index is 10.9. The van der Waals surface area contributed by atoms with Crippen LogP contribution in [-0.4, -0.2) is 30.2 Å². The summed E-state index contributed by atoms with van der Waals surface area (Å²) in [6.45, 7) is 3.73. The first-order chi connectivity index (χ1) is 5.97. The van der Waals surface area contributed by atoms with Gasteiger partial charge in [-0.2, -0.15) is 0 Å². The second-order valence-electron chi connectivity index (χ2n) is 3.17. The van der Waals surface area contributed by atoms with Crippen LogP contribution >= 0.6 is 0 Å². The second kappa shape index (κ2) is 5.40. The summed E-state index contributed by atoms with van der Waals surface area (Å²) in [4.78, 5) is 21.3. The molecule has 0 fully saturated rings. The predicted molar refractivity (Wildman–Crippen MR) is 48.5 cm³/mol. The molecule has 0 heterocycles. The van der Waals surface area contributed by atoms with Crippen LogP contribution in [0.3, 0.4) is 0 Å². The van der Waals surface area contributed by atoms with Crippen molar-refractivity contribution in [2.75, 3.05) is 7.05 Å². The van der Waals surface area contributed by atoms with E-state index in [0.717, 1.165) is 0 Å². The van der Waals surface area contributed by atoms with Crippen molar-refractivity contribution in [1.29, 1.82) is 0 Å². The van der Waals surface area contributed by atoms with Crippen LogP contribution in [-0.2, 0) is 4.79 Å². The summed E-state index contributed by atoms with van der Waals surface area (Å²) in [5.74, 6) is -0.802. The van der Waals surface area contributed by atoms with Gasteiger partial charge in [-0.1, -0.05) is 13.8 Å². The minimum absolute atomic E-state index is 0.0505. The summed E-state index contributed by atoms with van der Waals surface area (Å²) in [6.07, 6.45) is -0.0505. The minimum atomic E-state index is -0.907. The fraction of sp³-hybridized carbons (Fsp3) is 0.750. The molecule has 5 nitrogen and oxygen atoms in total. The van der Waals surface area contributed by atoms with Gasteiger partial charge in [-0.3, -0.25) is 4.79 Å². The van der Waals surface area contributed by atoms with Crippen molar-refractivity contribution in [3.63, 3.8) is 0 Å². The molecule has 1 atom stereocenters. The fourth-order valence-corrected chi connectivity index (χ4v) is 0.882. The van der Waals surface area contributed by atoms with Gasteiger partial charge in [0.15, 0.2) is 0 Å². The molecule has 1 unspecified atom stereocenters. The van der Waals surface area contributed by atoms with Gasteiger partial charge in [-0.25, -0.2) is 4.79 Å². The number of nitrogens with one attached hydrogen (secondary N) is 2. The zero-order valence-corrected chi connectivity index (χ0v) is 8.13. The maximum Gasteiger partial charge on any atom is 0.314 e. The molecule has 0 bridgehead atoms. The average molecular weight is 188 g/mol. The Morgan fingerprint density at radius 1 is 1.38 bits per heavy atom. The van der Waals surface area contributed by atoms with E-state index >= 15 is 0 Å². The van der Waals surface area contributed by atoms with Crippen LogP contribution < -0.4 is 10.6 Å². The maximum atomic E-state index is 10.9. The lowest BCUT2D eigenvalue weighted by atomic mass is 10.0. The van der Waals surface area contributed by atoms with Crippen molar-refractivity contribution in [1.82, 2.24) is 10.6 Å². The molecular weight excluding hydrogens is 172 g/mol. The van der Waals surface area contributed by atoms with Gasteiger partial charge in [-0.05, 0) is 5.92 Å². The Kier molecular flexibility index (Phi) is 4.87. The van der Waals surface area contributed by atoms with Crippen molar-refractivity contribution in [2.45, 2.75) is 26.3 Å². The quantitative estimate of drug-likeness (QED) is 0.598. The van der Waals surface area contributed by atoms with E-state index in [1.807, 2.05) is 13.8 Å². The Labute approximate surface area is 77.5 Å². The van der Waals surface area contributed by atoms with E-state index in [9.17, 15) is 9.59 Å². The molecule has 0 aromatic carbocycles. The average Bonchev–Trinajstić information content (AvgIpc) is 2.02. The molecular formula is C8H16N2O3. The summed E-state index contributed by atoms with van der Waals surface area (Å²) in [5, 5.41) is 13.5. The Morgan fingerprint density at radius 2 is 1.92 bits per heavy atom. The summed E-state index contributed by atoms with van der Waals surface area (Å²) < 4.78 is 0. The van der Waals surface area contributed by atoms with Crippen LogP contribution in [0.15, 0.2) is 0 Å². The molecule has 0 saturated heterocycles. The highest BCUT2D eigenvalue weighted by Crippen LogP contribution is 2.05. The monoisotopic (exact) mass is 188 g/mol. The van der Waals surface area contributed by atoms with E-state index in [0.29, 0.717) is 0 Å². The van der Waals surface area contributed by atoms with Crippen molar-refractivity contribution < 1.29 is 14.7 Å². The van der Waals surface area contributed by atoms with E-state index < -0.39 is 5.97 Å². The predicted octanol–water partition coefficient (Wildman–Crippen LogP) is 0.415. The third-order valence-corrected chi connectivity index (χ3v) is 1.74. The lowest BCUT2D eigenvalue weighted by molar-refractivity contribution is -0.137. The van der Waals surface area contributed by atoms with Crippen molar-refractivity contribution >= 4 is 12.0 Å². The third-order valence-electron chi connectivity index (χ3n) is 1.74. The fourth-order valence-electron chi connectivity index (χ4n) is 0.882. The van der Waals surface area contributed by atoms with Gasteiger partial charge in [0, 0.05) is 13.1 Å². The molecule has 5 heteroatoms. The topological polar surface area (TPSA) is 78.4 Å². The number of hydrogen-bond donors (Lipinski definition) is 3. The van der Waals surface area contributed by atoms with Crippen LogP contribution in [0.4, 0.5) is 4.79 Å². The first-order valence-corrected chi connectivity index (χ1v) is 4.17. The number of carboxylic acid groups (broad SMARTS) is 1. The first kappa shape index (κ1) is 11.7. The zero-order valence-electron chi connectivity index (χ0n) is 8.13. The molecule has 0 aromatic rings. The highest BCUT2D eigenvalue weighted by atomic mass is 16.4. The van der Waals surface area contributed by atoms with Gasteiger partial charge in [-0.15, -0.1) is 0 Å². The van der Waals surface area contributed by atoms with Crippen molar-refractivity contribution in [3.8, 4) is 0 Å². The van der Waals surface area contributed by atoms with Crippen LogP contribution in [0.5, 0.6) is 0 Å². The minimum Gasteiger partial charge on any atom is -0.481 e. The molecule has 13 heavy (non-hydrogen) atoms. The van der Waals surface area contributed by atoms with Gasteiger partial charge in [0.2, 0.25) is 0 Å². The highest BCUT2D eigenvalue weighted by Gasteiger charge is 2.18. The summed E-state index contributed by atoms with van der Waals surface area (Å²) in [5.41, 5.74) is 0. The van der Waals surface area contributed by atoms with Gasteiger partial charge < -0.3 is 15.7 Å². The molecule has 0 aliphatic rings. The van der Waals surface area contributed by atoms with Crippen LogP contribution in [0.2, 0.25) is 0 Å². The normalized spacial score (nSPS) is 12.3. The number of carbonyl (C=O) groups is 2. The Bertz CT molecular complexity index is 192. The number of amides is 2. The highest BCUT2D eigenvalue weighted by molar-refractivity contribution is 5.75. The molecule has 0 aliphatic heterocycles. The standard InChI is InChI=1S/C8H16N2O3/c1-5(2)6(4-7(11)12)10-8(13)9-3/h5-6H,4H2,1-3H3,(H,11,12)(H2,9,10,13). The second-order valence-corrected chi connectivity index (χ2v) is 3.17. The molecule has 0 aromatic heterocycles. The van der Waals surface area contributed by atoms with E-state index in [1.165, 1.54) is 7.05 Å². The first-order valence-electron chi connectivity index (χ1n) is 4.17. The van der Waals surface area contributed by atoms with Crippen molar-refractivity contribution in [3.05, 3.63) is 0 Å². The number of aliphatic carboxylic acids is 1. The molecule has 0 rings (SSSR count). The van der Waals surface area contributed by atoms with Gasteiger partial charge in [0.25, 0.3) is 0 Å². The number of urea groups is 1.